The number of amides is 1. The van der Waals surface area contributed by atoms with E-state index < -0.39 is 5.25 Å². The zero-order valence-electron chi connectivity index (χ0n) is 18.0. The van der Waals surface area contributed by atoms with Crippen molar-refractivity contribution in [2.45, 2.75) is 24.3 Å². The van der Waals surface area contributed by atoms with Crippen LogP contribution in [0, 0.1) is 13.8 Å². The second-order valence-corrected chi connectivity index (χ2v) is 8.37. The molecule has 0 saturated carbocycles. The van der Waals surface area contributed by atoms with Gasteiger partial charge in [-0.1, -0.05) is 65.9 Å². The molecule has 0 radical (unpaired) electrons. The van der Waals surface area contributed by atoms with Crippen molar-refractivity contribution >= 4 is 23.4 Å². The first-order valence-corrected chi connectivity index (χ1v) is 11.0. The summed E-state index contributed by atoms with van der Waals surface area (Å²) in [5.41, 5.74) is 4.60. The number of methoxy groups -OCH3 is 1. The van der Waals surface area contributed by atoms with Crippen molar-refractivity contribution in [2.24, 2.45) is 0 Å². The normalized spacial score (nSPS) is 11.7. The van der Waals surface area contributed by atoms with Crippen LogP contribution in [0.15, 0.2) is 78.0 Å². The Labute approximate surface area is 190 Å². The highest BCUT2D eigenvalue weighted by Gasteiger charge is 2.26. The van der Waals surface area contributed by atoms with Crippen LogP contribution in [0.2, 0.25) is 0 Å². The third-order valence-electron chi connectivity index (χ3n) is 4.92. The fourth-order valence-electron chi connectivity index (χ4n) is 3.36. The molecule has 0 aliphatic heterocycles. The third-order valence-corrected chi connectivity index (χ3v) is 6.11. The minimum Gasteiger partial charge on any atom is -0.497 e. The largest absolute Gasteiger partial charge is 0.497 e. The molecule has 4 aromatic rings. The van der Waals surface area contributed by atoms with E-state index in [4.69, 9.17) is 4.74 Å². The number of carbonyl (C=O) groups excluding carboxylic acids is 1. The van der Waals surface area contributed by atoms with Gasteiger partial charge in [-0.25, -0.2) is 0 Å². The molecule has 0 aliphatic rings. The van der Waals surface area contributed by atoms with Crippen molar-refractivity contribution in [3.8, 4) is 11.4 Å². The van der Waals surface area contributed by atoms with Gasteiger partial charge >= 0.3 is 0 Å². The summed E-state index contributed by atoms with van der Waals surface area (Å²) in [6.45, 7) is 4.06. The van der Waals surface area contributed by atoms with Gasteiger partial charge < -0.3 is 10.1 Å². The van der Waals surface area contributed by atoms with E-state index in [1.54, 1.807) is 17.9 Å². The van der Waals surface area contributed by atoms with Gasteiger partial charge in [0.1, 0.15) is 11.0 Å². The number of rotatable bonds is 7. The third kappa shape index (κ3) is 4.81. The van der Waals surface area contributed by atoms with E-state index in [9.17, 15) is 4.79 Å². The molecule has 8 heteroatoms. The van der Waals surface area contributed by atoms with Crippen LogP contribution in [-0.4, -0.2) is 33.2 Å². The smallest absolute Gasteiger partial charge is 0.242 e. The minimum atomic E-state index is -0.557. The van der Waals surface area contributed by atoms with Crippen molar-refractivity contribution in [3.05, 3.63) is 89.5 Å². The number of thioether (sulfide) groups is 1. The number of nitrogens with one attached hydrogen (secondary N) is 1. The molecular weight excluding hydrogens is 422 g/mol. The fourth-order valence-corrected chi connectivity index (χ4v) is 4.35. The molecule has 0 aliphatic carbocycles. The number of tetrazole rings is 1. The number of aromatic nitrogens is 4. The van der Waals surface area contributed by atoms with Crippen molar-refractivity contribution in [1.82, 2.24) is 20.2 Å². The molecule has 0 saturated heterocycles. The van der Waals surface area contributed by atoms with Crippen LogP contribution in [0.5, 0.6) is 5.75 Å². The molecule has 1 N–H and O–H groups in total. The predicted molar refractivity (Wildman–Crippen MR) is 125 cm³/mol. The summed E-state index contributed by atoms with van der Waals surface area (Å²) in [4.78, 5) is 13.3. The Balaban J connectivity index is 1.66. The van der Waals surface area contributed by atoms with E-state index in [0.717, 1.165) is 22.4 Å². The van der Waals surface area contributed by atoms with E-state index in [0.29, 0.717) is 16.6 Å². The zero-order chi connectivity index (χ0) is 22.5. The van der Waals surface area contributed by atoms with Gasteiger partial charge in [-0.3, -0.25) is 4.79 Å². The molecule has 4 rings (SSSR count). The Morgan fingerprint density at radius 3 is 2.59 bits per heavy atom. The lowest BCUT2D eigenvalue weighted by atomic mass is 10.1. The molecule has 32 heavy (non-hydrogen) atoms. The molecule has 1 heterocycles. The van der Waals surface area contributed by atoms with Gasteiger partial charge in [-0.15, -0.1) is 5.10 Å². The molecule has 3 aromatic carbocycles. The van der Waals surface area contributed by atoms with E-state index in [2.05, 4.69) is 26.9 Å². The van der Waals surface area contributed by atoms with E-state index in [-0.39, 0.29) is 5.91 Å². The summed E-state index contributed by atoms with van der Waals surface area (Å²) in [5.74, 6) is 0.495. The first-order valence-electron chi connectivity index (χ1n) is 10.1. The van der Waals surface area contributed by atoms with E-state index in [1.165, 1.54) is 11.8 Å². The molecular formula is C24H23N5O2S. The number of hydrogen-bond acceptors (Lipinski definition) is 6. The van der Waals surface area contributed by atoms with Crippen LogP contribution in [-0.2, 0) is 4.79 Å². The van der Waals surface area contributed by atoms with Crippen LogP contribution in [0.3, 0.4) is 0 Å². The number of carbonyl (C=O) groups is 1. The summed E-state index contributed by atoms with van der Waals surface area (Å²) >= 11 is 1.30. The Morgan fingerprint density at radius 2 is 1.84 bits per heavy atom. The SMILES string of the molecule is COc1cccc(NC(=O)[C@H](Sc2nnnn2-c2ccc(C)cc2C)c2ccccc2)c1. The van der Waals surface area contributed by atoms with Crippen molar-refractivity contribution in [2.75, 3.05) is 12.4 Å². The first-order chi connectivity index (χ1) is 15.5. The number of benzene rings is 3. The van der Waals surface area contributed by atoms with Gasteiger partial charge in [-0.05, 0) is 53.6 Å². The lowest BCUT2D eigenvalue weighted by Gasteiger charge is -2.17. The highest BCUT2D eigenvalue weighted by atomic mass is 32.2. The van der Waals surface area contributed by atoms with Crippen LogP contribution in [0.1, 0.15) is 21.9 Å². The summed E-state index contributed by atoms with van der Waals surface area (Å²) in [6, 6.07) is 22.9. The average molecular weight is 446 g/mol. The van der Waals surface area contributed by atoms with Gasteiger partial charge in [0.2, 0.25) is 11.1 Å². The Hall–Kier alpha value is -3.65. The molecule has 162 valence electrons. The quantitative estimate of drug-likeness (QED) is 0.413. The number of ether oxygens (including phenoxy) is 1. The molecule has 0 unspecified atom stereocenters. The average Bonchev–Trinajstić information content (AvgIpc) is 3.26. The molecule has 7 nitrogen and oxygen atoms in total. The number of aryl methyl sites for hydroxylation is 2. The van der Waals surface area contributed by atoms with Gasteiger partial charge in [0.25, 0.3) is 0 Å². The fraction of sp³-hybridized carbons (Fsp3) is 0.167. The minimum absolute atomic E-state index is 0.176. The topological polar surface area (TPSA) is 81.9 Å². The summed E-state index contributed by atoms with van der Waals surface area (Å²) in [5, 5.41) is 15.2. The Bertz CT molecular complexity index is 1230. The maximum Gasteiger partial charge on any atom is 0.242 e. The van der Waals surface area contributed by atoms with Gasteiger partial charge in [0, 0.05) is 11.8 Å². The zero-order valence-corrected chi connectivity index (χ0v) is 18.8. The molecule has 0 bridgehead atoms. The lowest BCUT2D eigenvalue weighted by Crippen LogP contribution is -2.19. The summed E-state index contributed by atoms with van der Waals surface area (Å²) in [6.07, 6.45) is 0. The number of hydrogen-bond donors (Lipinski definition) is 1. The maximum absolute atomic E-state index is 13.3. The summed E-state index contributed by atoms with van der Waals surface area (Å²) < 4.78 is 6.94. The first kappa shape index (κ1) is 21.6. The highest BCUT2D eigenvalue weighted by molar-refractivity contribution is 8.00. The highest BCUT2D eigenvalue weighted by Crippen LogP contribution is 2.36. The van der Waals surface area contributed by atoms with Crippen LogP contribution >= 0.6 is 11.8 Å². The van der Waals surface area contributed by atoms with Crippen molar-refractivity contribution in [1.29, 1.82) is 0 Å². The standard InChI is InChI=1S/C24H23N5O2S/c1-16-12-13-21(17(2)14-16)29-24(26-27-28-29)32-22(18-8-5-4-6-9-18)23(30)25-19-10-7-11-20(15-19)31-3/h4-15,22H,1-3H3,(H,25,30)/t22-/m1/s1. The molecule has 0 spiro atoms. The Morgan fingerprint density at radius 1 is 1.03 bits per heavy atom. The Kier molecular flexibility index (Phi) is 6.51. The molecule has 1 amide bonds. The van der Waals surface area contributed by atoms with Crippen LogP contribution in [0.25, 0.3) is 5.69 Å². The predicted octanol–water partition coefficient (Wildman–Crippen LogP) is 4.76. The lowest BCUT2D eigenvalue weighted by molar-refractivity contribution is -0.115. The monoisotopic (exact) mass is 445 g/mol. The number of nitrogens with zero attached hydrogens (tertiary/aromatic N) is 4. The van der Waals surface area contributed by atoms with E-state index in [1.807, 2.05) is 74.5 Å². The molecule has 1 atom stereocenters. The van der Waals surface area contributed by atoms with Gasteiger partial charge in [-0.2, -0.15) is 4.68 Å². The number of anilines is 1. The second kappa shape index (κ2) is 9.65. The maximum atomic E-state index is 13.3. The van der Waals surface area contributed by atoms with Crippen molar-refractivity contribution in [3.63, 3.8) is 0 Å². The van der Waals surface area contributed by atoms with E-state index >= 15 is 0 Å². The summed E-state index contributed by atoms with van der Waals surface area (Å²) in [7, 11) is 1.59. The second-order valence-electron chi connectivity index (χ2n) is 7.29. The van der Waals surface area contributed by atoms with Gasteiger partial charge in [0.15, 0.2) is 0 Å². The van der Waals surface area contributed by atoms with Crippen LogP contribution in [0.4, 0.5) is 5.69 Å². The van der Waals surface area contributed by atoms with Gasteiger partial charge in [0.05, 0.1) is 12.8 Å². The molecule has 1 aromatic heterocycles. The molecule has 0 fully saturated rings. The van der Waals surface area contributed by atoms with Crippen molar-refractivity contribution < 1.29 is 9.53 Å². The van der Waals surface area contributed by atoms with Crippen LogP contribution < -0.4 is 10.1 Å².